The molecule has 4 heteroatoms. The lowest BCUT2D eigenvalue weighted by Crippen LogP contribution is -2.41. The van der Waals surface area contributed by atoms with Crippen molar-refractivity contribution in [2.24, 2.45) is 11.1 Å². The van der Waals surface area contributed by atoms with E-state index in [1.165, 1.54) is 77.5 Å². The first-order chi connectivity index (χ1) is 18.0. The highest BCUT2D eigenvalue weighted by Gasteiger charge is 2.41. The molecule has 1 aliphatic carbocycles. The number of piperidine rings is 1. The number of hydrogen-bond acceptors (Lipinski definition) is 4. The third-order valence-corrected chi connectivity index (χ3v) is 8.79. The second-order valence-electron chi connectivity index (χ2n) is 10.9. The van der Waals surface area contributed by atoms with E-state index in [0.717, 1.165) is 26.2 Å². The monoisotopic (exact) mass is 492 g/mol. The molecule has 3 aromatic rings. The van der Waals surface area contributed by atoms with Gasteiger partial charge in [-0.2, -0.15) is 0 Å². The van der Waals surface area contributed by atoms with Gasteiger partial charge in [0.1, 0.15) is 0 Å². The van der Waals surface area contributed by atoms with Crippen LogP contribution < -0.4 is 10.6 Å². The van der Waals surface area contributed by atoms with Crippen LogP contribution in [-0.4, -0.2) is 36.1 Å². The van der Waals surface area contributed by atoms with Crippen LogP contribution in [0.15, 0.2) is 86.3 Å². The number of aromatic nitrogens is 1. The maximum absolute atomic E-state index is 4.61. The van der Waals surface area contributed by atoms with E-state index in [2.05, 4.69) is 95.2 Å². The molecule has 2 saturated heterocycles. The number of benzene rings is 2. The number of anilines is 1. The molecule has 0 radical (unpaired) electrons. The van der Waals surface area contributed by atoms with Gasteiger partial charge in [0.15, 0.2) is 0 Å². The number of fused-ring (bicyclic) bond motifs is 1. The predicted octanol–water partition coefficient (Wildman–Crippen LogP) is 6.52. The Labute approximate surface area is 222 Å². The van der Waals surface area contributed by atoms with E-state index in [4.69, 9.17) is 0 Å². The molecular weight excluding hydrogens is 452 g/mol. The second-order valence-corrected chi connectivity index (χ2v) is 10.9. The number of hydrogen-bond donors (Lipinski definition) is 1. The Balaban J connectivity index is 0.000000892. The van der Waals surface area contributed by atoms with Crippen molar-refractivity contribution in [2.45, 2.75) is 44.9 Å². The molecule has 2 aliphatic heterocycles. The van der Waals surface area contributed by atoms with Gasteiger partial charge in [0.2, 0.25) is 0 Å². The third kappa shape index (κ3) is 5.16. The smallest absolute Gasteiger partial charge is 0.0397 e. The summed E-state index contributed by atoms with van der Waals surface area (Å²) in [6.07, 6.45) is 11.3. The van der Waals surface area contributed by atoms with E-state index in [9.17, 15) is 0 Å². The molecule has 2 N–H and O–H groups in total. The molecule has 3 heterocycles. The Morgan fingerprint density at radius 3 is 2.43 bits per heavy atom. The third-order valence-electron chi connectivity index (χ3n) is 8.79. The molecule has 37 heavy (non-hydrogen) atoms. The van der Waals surface area contributed by atoms with Gasteiger partial charge < -0.3 is 15.5 Å². The quantitative estimate of drug-likeness (QED) is 0.450. The Morgan fingerprint density at radius 2 is 1.70 bits per heavy atom. The molecular formula is C33H40N4. The van der Waals surface area contributed by atoms with Crippen LogP contribution in [0.1, 0.15) is 59.4 Å². The van der Waals surface area contributed by atoms with Crippen LogP contribution in [0.25, 0.3) is 5.70 Å². The molecule has 2 aromatic carbocycles. The van der Waals surface area contributed by atoms with E-state index in [1.807, 2.05) is 12.4 Å². The lowest BCUT2D eigenvalue weighted by molar-refractivity contribution is 0.231. The van der Waals surface area contributed by atoms with E-state index in [-0.39, 0.29) is 0 Å². The number of rotatable bonds is 4. The summed E-state index contributed by atoms with van der Waals surface area (Å²) in [6, 6.07) is 20.3. The summed E-state index contributed by atoms with van der Waals surface area (Å²) >= 11 is 0. The first kappa shape index (κ1) is 25.1. The van der Waals surface area contributed by atoms with E-state index < -0.39 is 0 Å². The molecule has 1 unspecified atom stereocenters. The fourth-order valence-electron chi connectivity index (χ4n) is 6.63. The number of nitrogens with zero attached hydrogens (tertiary/aromatic N) is 3. The molecule has 1 atom stereocenters. The molecule has 0 amide bonds. The average Bonchev–Trinajstić information content (AvgIpc) is 3.54. The highest BCUT2D eigenvalue weighted by Crippen LogP contribution is 2.45. The Morgan fingerprint density at radius 1 is 1.00 bits per heavy atom. The molecule has 6 rings (SSSR count). The molecule has 1 spiro atoms. The summed E-state index contributed by atoms with van der Waals surface area (Å²) in [4.78, 5) is 9.27. The van der Waals surface area contributed by atoms with Crippen LogP contribution in [0.5, 0.6) is 0 Å². The minimum atomic E-state index is 0.437. The molecule has 4 nitrogen and oxygen atoms in total. The SMILES string of the molecule is C=C(c1ccc2c(c1)C(c1ccccc1C)CC2)N1CCC2(CCN(c3ccncc3)CC2)C1.C=CN. The van der Waals surface area contributed by atoms with E-state index in [0.29, 0.717) is 11.3 Å². The summed E-state index contributed by atoms with van der Waals surface area (Å²) in [6.45, 7) is 14.5. The normalized spacial score (nSPS) is 19.8. The summed E-state index contributed by atoms with van der Waals surface area (Å²) in [5, 5.41) is 0. The molecule has 192 valence electrons. The zero-order valence-electron chi connectivity index (χ0n) is 22.2. The van der Waals surface area contributed by atoms with Crippen molar-refractivity contribution in [1.82, 2.24) is 9.88 Å². The summed E-state index contributed by atoms with van der Waals surface area (Å²) in [5.41, 5.74) is 14.8. The van der Waals surface area contributed by atoms with Gasteiger partial charge in [-0.3, -0.25) is 4.98 Å². The van der Waals surface area contributed by atoms with Gasteiger partial charge in [-0.25, -0.2) is 0 Å². The predicted molar refractivity (Wildman–Crippen MR) is 156 cm³/mol. The van der Waals surface area contributed by atoms with Crippen molar-refractivity contribution in [3.05, 3.63) is 114 Å². The van der Waals surface area contributed by atoms with Crippen molar-refractivity contribution in [3.8, 4) is 0 Å². The highest BCUT2D eigenvalue weighted by atomic mass is 15.2. The summed E-state index contributed by atoms with van der Waals surface area (Å²) in [5.74, 6) is 0.520. The van der Waals surface area contributed by atoms with Gasteiger partial charge in [-0.1, -0.05) is 49.6 Å². The fourth-order valence-corrected chi connectivity index (χ4v) is 6.63. The van der Waals surface area contributed by atoms with E-state index in [1.54, 1.807) is 0 Å². The number of nitrogens with two attached hydrogens (primary N) is 1. The molecule has 0 bridgehead atoms. The lowest BCUT2D eigenvalue weighted by Gasteiger charge is -2.40. The minimum absolute atomic E-state index is 0.437. The van der Waals surface area contributed by atoms with Crippen molar-refractivity contribution in [2.75, 3.05) is 31.1 Å². The van der Waals surface area contributed by atoms with Crippen molar-refractivity contribution in [1.29, 1.82) is 0 Å². The van der Waals surface area contributed by atoms with Crippen LogP contribution in [-0.2, 0) is 6.42 Å². The number of pyridine rings is 1. The zero-order valence-corrected chi connectivity index (χ0v) is 22.2. The first-order valence-corrected chi connectivity index (χ1v) is 13.6. The minimum Gasteiger partial charge on any atom is -0.405 e. The maximum atomic E-state index is 4.61. The van der Waals surface area contributed by atoms with Gasteiger partial charge in [-0.15, -0.1) is 0 Å². The first-order valence-electron chi connectivity index (χ1n) is 13.6. The van der Waals surface area contributed by atoms with Crippen LogP contribution in [0.2, 0.25) is 0 Å². The zero-order chi connectivity index (χ0) is 25.8. The fraction of sp³-hybridized carbons (Fsp3) is 0.364. The largest absolute Gasteiger partial charge is 0.405 e. The molecule has 3 aliphatic rings. The van der Waals surface area contributed by atoms with Gasteiger partial charge in [-0.05, 0) is 96.7 Å². The standard InChI is InChI=1S/C31H35N3.C2H5N/c1-23-5-3-4-6-28(23)29-10-9-25-7-8-26(21-30(25)29)24(2)34-20-15-31(22-34)13-18-33(19-14-31)27-11-16-32-17-12-27;1-2-3/h3-8,11-12,16-17,21,29H,2,9-10,13-15,18-20,22H2,1H3;2H,1,3H2. The van der Waals surface area contributed by atoms with Crippen LogP contribution in [0.4, 0.5) is 5.69 Å². The van der Waals surface area contributed by atoms with Crippen LogP contribution in [0.3, 0.4) is 0 Å². The highest BCUT2D eigenvalue weighted by molar-refractivity contribution is 5.65. The van der Waals surface area contributed by atoms with Crippen molar-refractivity contribution < 1.29 is 0 Å². The molecule has 1 aromatic heterocycles. The van der Waals surface area contributed by atoms with Gasteiger partial charge >= 0.3 is 0 Å². The lowest BCUT2D eigenvalue weighted by atomic mass is 9.77. The summed E-state index contributed by atoms with van der Waals surface area (Å²) in [7, 11) is 0. The molecule has 2 fully saturated rings. The van der Waals surface area contributed by atoms with Crippen molar-refractivity contribution in [3.63, 3.8) is 0 Å². The van der Waals surface area contributed by atoms with Crippen LogP contribution in [0, 0.1) is 12.3 Å². The number of likely N-dealkylation sites (tertiary alicyclic amines) is 1. The maximum Gasteiger partial charge on any atom is 0.0397 e. The summed E-state index contributed by atoms with van der Waals surface area (Å²) < 4.78 is 0. The average molecular weight is 493 g/mol. The number of aryl methyl sites for hydroxylation is 2. The van der Waals surface area contributed by atoms with Gasteiger partial charge in [0.05, 0.1) is 0 Å². The second kappa shape index (κ2) is 10.8. The Hall–Kier alpha value is -3.53. The van der Waals surface area contributed by atoms with Gasteiger partial charge in [0.25, 0.3) is 0 Å². The Kier molecular flexibility index (Phi) is 7.36. The van der Waals surface area contributed by atoms with E-state index >= 15 is 0 Å². The van der Waals surface area contributed by atoms with Crippen LogP contribution >= 0.6 is 0 Å². The van der Waals surface area contributed by atoms with Crippen molar-refractivity contribution >= 4 is 11.4 Å². The topological polar surface area (TPSA) is 45.4 Å². The Bertz CT molecular complexity index is 1240. The van der Waals surface area contributed by atoms with Gasteiger partial charge in [0, 0.05) is 55.9 Å². The molecule has 0 saturated carbocycles.